The highest BCUT2D eigenvalue weighted by molar-refractivity contribution is 6.09. The van der Waals surface area contributed by atoms with Crippen molar-refractivity contribution >= 4 is 47.1 Å². The van der Waals surface area contributed by atoms with Gasteiger partial charge in [-0.2, -0.15) is 0 Å². The SMILES string of the molecule is O=C(Nc1ccc(C2(c3ccc(NC(=O)c4ccc(C(=O)O)c(C(=O)O)c4)cc3)CCCCC2)cc1)c1ccc(C(=O)O)c(C(=O)O)c1. The number of nitrogens with one attached hydrogen (secondary N) is 2. The number of carboxylic acid groups (broad SMARTS) is 4. The Morgan fingerprint density at radius 1 is 0.458 bits per heavy atom. The summed E-state index contributed by atoms with van der Waals surface area (Å²) in [6, 6.07) is 21.4. The maximum absolute atomic E-state index is 12.9. The van der Waals surface area contributed by atoms with Crippen molar-refractivity contribution < 1.29 is 49.2 Å². The first-order valence-corrected chi connectivity index (χ1v) is 14.9. The molecule has 244 valence electrons. The van der Waals surface area contributed by atoms with E-state index in [9.17, 15) is 49.2 Å². The van der Waals surface area contributed by atoms with Crippen LogP contribution in [0.2, 0.25) is 0 Å². The molecule has 1 saturated carbocycles. The molecule has 0 aliphatic heterocycles. The number of hydrogen-bond acceptors (Lipinski definition) is 6. The molecule has 0 heterocycles. The molecule has 0 radical (unpaired) electrons. The van der Waals surface area contributed by atoms with Crippen LogP contribution >= 0.6 is 0 Å². The van der Waals surface area contributed by atoms with E-state index in [1.54, 1.807) is 24.3 Å². The lowest BCUT2D eigenvalue weighted by Crippen LogP contribution is -2.30. The van der Waals surface area contributed by atoms with E-state index in [2.05, 4.69) is 10.6 Å². The summed E-state index contributed by atoms with van der Waals surface area (Å²) < 4.78 is 0. The van der Waals surface area contributed by atoms with Crippen molar-refractivity contribution in [1.82, 2.24) is 0 Å². The molecule has 5 rings (SSSR count). The van der Waals surface area contributed by atoms with E-state index in [0.717, 1.165) is 67.5 Å². The Balaban J connectivity index is 1.34. The van der Waals surface area contributed by atoms with Gasteiger partial charge in [0.2, 0.25) is 0 Å². The normalized spacial score (nSPS) is 13.6. The van der Waals surface area contributed by atoms with Crippen molar-refractivity contribution in [2.45, 2.75) is 37.5 Å². The molecule has 12 heteroatoms. The van der Waals surface area contributed by atoms with Crippen LogP contribution < -0.4 is 10.6 Å². The standard InChI is InChI=1S/C36H30N2O10/c39-30(20-4-14-26(32(41)42)28(18-20)34(45)46)37-24-10-6-22(7-11-24)36(16-2-1-3-17-36)23-8-12-25(13-9-23)38-31(40)21-5-15-27(33(43)44)29(19-21)35(47)48/h4-15,18-19H,1-3,16-17H2,(H,37,39)(H,38,40)(H,41,42)(H,43,44)(H,45,46)(H,47,48). The third-order valence-electron chi connectivity index (χ3n) is 8.58. The van der Waals surface area contributed by atoms with Crippen LogP contribution in [0.15, 0.2) is 84.9 Å². The van der Waals surface area contributed by atoms with E-state index in [0.29, 0.717) is 11.4 Å². The minimum absolute atomic E-state index is 0.00277. The predicted octanol–water partition coefficient (Wildman–Crippen LogP) is 6.23. The van der Waals surface area contributed by atoms with Crippen LogP contribution in [-0.2, 0) is 5.41 Å². The van der Waals surface area contributed by atoms with Gasteiger partial charge in [-0.3, -0.25) is 9.59 Å². The van der Waals surface area contributed by atoms with Crippen molar-refractivity contribution in [3.63, 3.8) is 0 Å². The topological polar surface area (TPSA) is 207 Å². The Hall–Kier alpha value is -6.30. The van der Waals surface area contributed by atoms with Crippen molar-refractivity contribution in [2.24, 2.45) is 0 Å². The minimum Gasteiger partial charge on any atom is -0.478 e. The highest BCUT2D eigenvalue weighted by Crippen LogP contribution is 2.45. The maximum atomic E-state index is 12.9. The first kappa shape index (κ1) is 33.1. The van der Waals surface area contributed by atoms with Crippen molar-refractivity contribution in [3.8, 4) is 0 Å². The molecule has 4 aromatic carbocycles. The number of aromatic carboxylic acids is 4. The van der Waals surface area contributed by atoms with E-state index in [4.69, 9.17) is 0 Å². The summed E-state index contributed by atoms with van der Waals surface area (Å²) in [5.74, 6) is -6.92. The van der Waals surface area contributed by atoms with Crippen molar-refractivity contribution in [2.75, 3.05) is 10.6 Å². The molecule has 0 aromatic heterocycles. The molecule has 1 aliphatic carbocycles. The molecular formula is C36H30N2O10. The molecule has 1 aliphatic rings. The largest absolute Gasteiger partial charge is 0.478 e. The lowest BCUT2D eigenvalue weighted by molar-refractivity contribution is 0.0651. The predicted molar refractivity (Wildman–Crippen MR) is 173 cm³/mol. The number of carbonyl (C=O) groups excluding carboxylic acids is 2. The maximum Gasteiger partial charge on any atom is 0.336 e. The second-order valence-electron chi connectivity index (χ2n) is 11.4. The zero-order valence-corrected chi connectivity index (χ0v) is 25.4. The average Bonchev–Trinajstić information content (AvgIpc) is 3.08. The third-order valence-corrected chi connectivity index (χ3v) is 8.58. The van der Waals surface area contributed by atoms with Crippen LogP contribution in [0.4, 0.5) is 11.4 Å². The summed E-state index contributed by atoms with van der Waals surface area (Å²) in [6.07, 6.45) is 4.81. The highest BCUT2D eigenvalue weighted by Gasteiger charge is 2.35. The number of hydrogen-bond donors (Lipinski definition) is 6. The van der Waals surface area contributed by atoms with Gasteiger partial charge >= 0.3 is 23.9 Å². The van der Waals surface area contributed by atoms with Crippen molar-refractivity contribution in [3.05, 3.63) is 129 Å². The summed E-state index contributed by atoms with van der Waals surface area (Å²) in [5.41, 5.74) is 0.824. The van der Waals surface area contributed by atoms with E-state index in [1.165, 1.54) is 12.1 Å². The fourth-order valence-electron chi connectivity index (χ4n) is 6.15. The Labute approximate surface area is 273 Å². The summed E-state index contributed by atoms with van der Waals surface area (Å²) in [4.78, 5) is 71.5. The van der Waals surface area contributed by atoms with Gasteiger partial charge in [0.15, 0.2) is 0 Å². The fourth-order valence-corrected chi connectivity index (χ4v) is 6.15. The smallest absolute Gasteiger partial charge is 0.336 e. The number of benzene rings is 4. The minimum atomic E-state index is -1.46. The lowest BCUT2D eigenvalue weighted by Gasteiger charge is -2.39. The van der Waals surface area contributed by atoms with Gasteiger partial charge in [-0.25, -0.2) is 19.2 Å². The summed E-state index contributed by atoms with van der Waals surface area (Å²) >= 11 is 0. The number of rotatable bonds is 10. The lowest BCUT2D eigenvalue weighted by atomic mass is 9.65. The Bertz CT molecular complexity index is 1810. The van der Waals surface area contributed by atoms with Gasteiger partial charge in [-0.15, -0.1) is 0 Å². The van der Waals surface area contributed by atoms with Crippen LogP contribution in [0.5, 0.6) is 0 Å². The van der Waals surface area contributed by atoms with Crippen LogP contribution in [0, 0.1) is 0 Å². The average molecular weight is 651 g/mol. The van der Waals surface area contributed by atoms with Gasteiger partial charge in [0, 0.05) is 27.9 Å². The van der Waals surface area contributed by atoms with E-state index in [-0.39, 0.29) is 16.5 Å². The summed E-state index contributed by atoms with van der Waals surface area (Å²) in [5, 5.41) is 42.7. The van der Waals surface area contributed by atoms with Crippen LogP contribution in [0.1, 0.15) is 105 Å². The van der Waals surface area contributed by atoms with E-state index < -0.39 is 57.9 Å². The Morgan fingerprint density at radius 2 is 0.812 bits per heavy atom. The third kappa shape index (κ3) is 6.77. The van der Waals surface area contributed by atoms with Gasteiger partial charge < -0.3 is 31.1 Å². The molecule has 0 bridgehead atoms. The highest BCUT2D eigenvalue weighted by atomic mass is 16.4. The molecular weight excluding hydrogens is 620 g/mol. The molecule has 0 unspecified atom stereocenters. The molecule has 4 aromatic rings. The van der Waals surface area contributed by atoms with Crippen LogP contribution in [0.3, 0.4) is 0 Å². The molecule has 1 fully saturated rings. The fraction of sp³-hybridized carbons (Fsp3) is 0.167. The first-order valence-electron chi connectivity index (χ1n) is 14.9. The number of amides is 2. The van der Waals surface area contributed by atoms with E-state index >= 15 is 0 Å². The molecule has 48 heavy (non-hydrogen) atoms. The van der Waals surface area contributed by atoms with Gasteiger partial charge in [0.1, 0.15) is 0 Å². The molecule has 0 spiro atoms. The van der Waals surface area contributed by atoms with Gasteiger partial charge in [0.25, 0.3) is 11.8 Å². The van der Waals surface area contributed by atoms with E-state index in [1.807, 2.05) is 24.3 Å². The quantitative estimate of drug-likeness (QED) is 0.114. The van der Waals surface area contributed by atoms with Gasteiger partial charge in [-0.05, 0) is 84.6 Å². The molecule has 0 atom stereocenters. The molecule has 0 saturated heterocycles. The Morgan fingerprint density at radius 3 is 1.15 bits per heavy atom. The number of anilines is 2. The monoisotopic (exact) mass is 650 g/mol. The number of carboxylic acids is 4. The zero-order valence-electron chi connectivity index (χ0n) is 25.4. The molecule has 6 N–H and O–H groups in total. The summed E-state index contributed by atoms with van der Waals surface area (Å²) in [6.45, 7) is 0. The zero-order chi connectivity index (χ0) is 34.6. The van der Waals surface area contributed by atoms with Gasteiger partial charge in [0.05, 0.1) is 22.3 Å². The second-order valence-corrected chi connectivity index (χ2v) is 11.4. The van der Waals surface area contributed by atoms with Crippen LogP contribution in [0.25, 0.3) is 0 Å². The van der Waals surface area contributed by atoms with Gasteiger partial charge in [-0.1, -0.05) is 43.5 Å². The van der Waals surface area contributed by atoms with Crippen LogP contribution in [-0.4, -0.2) is 56.1 Å². The molecule has 12 nitrogen and oxygen atoms in total. The second kappa shape index (κ2) is 13.6. The number of carbonyl (C=O) groups is 6. The van der Waals surface area contributed by atoms with Crippen molar-refractivity contribution in [1.29, 1.82) is 0 Å². The Kier molecular flexibility index (Phi) is 9.37. The first-order chi connectivity index (χ1) is 22.9. The summed E-state index contributed by atoms with van der Waals surface area (Å²) in [7, 11) is 0. The molecule has 2 amide bonds.